The fourth-order valence-electron chi connectivity index (χ4n) is 3.59. The Morgan fingerprint density at radius 1 is 1.17 bits per heavy atom. The summed E-state index contributed by atoms with van der Waals surface area (Å²) in [5, 5.41) is 9.26. The van der Waals surface area contributed by atoms with E-state index in [4.69, 9.17) is 0 Å². The normalized spacial score (nSPS) is 13.9. The smallest absolute Gasteiger partial charge is 0.321 e. The highest BCUT2D eigenvalue weighted by Gasteiger charge is 2.23. The van der Waals surface area contributed by atoms with E-state index in [2.05, 4.69) is 44.9 Å². The molecule has 29 heavy (non-hydrogen) atoms. The average molecular weight is 416 g/mol. The highest BCUT2D eigenvalue weighted by Crippen LogP contribution is 2.28. The Morgan fingerprint density at radius 2 is 1.86 bits per heavy atom. The maximum atomic E-state index is 12.6. The standard InChI is InChI=1S/C21H29N5O2S/c1-12(2)22-20(28)25-21-23-16-6-7-26(10-17(16)29-21)11-18(27)24-19-14(4)8-13(3)9-15(19)5/h8-9,12H,6-7,10-11H2,1-5H3,(H,24,27)(H2,22,23,25,28). The summed E-state index contributed by atoms with van der Waals surface area (Å²) in [5.41, 5.74) is 5.26. The van der Waals surface area contributed by atoms with Crippen molar-refractivity contribution < 1.29 is 9.59 Å². The van der Waals surface area contributed by atoms with Crippen molar-refractivity contribution in [3.05, 3.63) is 39.4 Å². The number of anilines is 2. The van der Waals surface area contributed by atoms with Crippen molar-refractivity contribution in [2.45, 2.75) is 53.6 Å². The number of nitrogens with zero attached hydrogens (tertiary/aromatic N) is 2. The summed E-state index contributed by atoms with van der Waals surface area (Å²) in [6.45, 7) is 11.7. The molecule has 0 radical (unpaired) electrons. The molecule has 0 bridgehead atoms. The van der Waals surface area contributed by atoms with E-state index in [1.54, 1.807) is 0 Å². The average Bonchev–Trinajstić information content (AvgIpc) is 2.98. The van der Waals surface area contributed by atoms with Crippen LogP contribution < -0.4 is 16.0 Å². The summed E-state index contributed by atoms with van der Waals surface area (Å²) in [4.78, 5) is 32.2. The Labute approximate surface area is 175 Å². The Morgan fingerprint density at radius 3 is 2.52 bits per heavy atom. The van der Waals surface area contributed by atoms with Gasteiger partial charge in [0.1, 0.15) is 0 Å². The zero-order chi connectivity index (χ0) is 21.1. The Kier molecular flexibility index (Phi) is 6.54. The lowest BCUT2D eigenvalue weighted by Crippen LogP contribution is -2.37. The van der Waals surface area contributed by atoms with Gasteiger partial charge in [0.15, 0.2) is 5.13 Å². The lowest BCUT2D eigenvalue weighted by molar-refractivity contribution is -0.117. The molecule has 0 atom stereocenters. The Hall–Kier alpha value is -2.45. The van der Waals surface area contributed by atoms with E-state index in [9.17, 15) is 9.59 Å². The van der Waals surface area contributed by atoms with E-state index >= 15 is 0 Å². The molecule has 0 saturated heterocycles. The molecular weight excluding hydrogens is 386 g/mol. The van der Waals surface area contributed by atoms with Gasteiger partial charge in [0.25, 0.3) is 0 Å². The van der Waals surface area contributed by atoms with Crippen LogP contribution in [-0.4, -0.2) is 41.0 Å². The number of hydrogen-bond donors (Lipinski definition) is 3. The first-order valence-corrected chi connectivity index (χ1v) is 10.7. The first-order valence-electron chi connectivity index (χ1n) is 9.87. The van der Waals surface area contributed by atoms with Crippen LogP contribution in [0.5, 0.6) is 0 Å². The molecule has 0 spiro atoms. The number of carbonyl (C=O) groups is 2. The predicted octanol–water partition coefficient (Wildman–Crippen LogP) is 3.60. The highest BCUT2D eigenvalue weighted by atomic mass is 32.1. The van der Waals surface area contributed by atoms with Crippen LogP contribution in [0.25, 0.3) is 0 Å². The van der Waals surface area contributed by atoms with E-state index < -0.39 is 0 Å². The van der Waals surface area contributed by atoms with Gasteiger partial charge in [0.2, 0.25) is 5.91 Å². The molecule has 8 heteroatoms. The number of nitrogens with one attached hydrogen (secondary N) is 3. The van der Waals surface area contributed by atoms with Crippen LogP contribution in [0.3, 0.4) is 0 Å². The molecule has 1 aliphatic heterocycles. The third-order valence-corrected chi connectivity index (χ3v) is 5.76. The molecule has 7 nitrogen and oxygen atoms in total. The number of amides is 3. The van der Waals surface area contributed by atoms with Gasteiger partial charge < -0.3 is 10.6 Å². The summed E-state index contributed by atoms with van der Waals surface area (Å²) in [7, 11) is 0. The van der Waals surface area contributed by atoms with Crippen LogP contribution in [0.15, 0.2) is 12.1 Å². The minimum atomic E-state index is -0.244. The van der Waals surface area contributed by atoms with Gasteiger partial charge in [-0.2, -0.15) is 0 Å². The molecule has 2 heterocycles. The quantitative estimate of drug-likeness (QED) is 0.696. The molecule has 156 valence electrons. The summed E-state index contributed by atoms with van der Waals surface area (Å²) in [6, 6.07) is 3.99. The van der Waals surface area contributed by atoms with Gasteiger partial charge in [0.05, 0.1) is 12.2 Å². The number of benzene rings is 1. The lowest BCUT2D eigenvalue weighted by atomic mass is 10.1. The number of carbonyl (C=O) groups excluding carboxylic acids is 2. The lowest BCUT2D eigenvalue weighted by Gasteiger charge is -2.25. The largest absolute Gasteiger partial charge is 0.336 e. The molecular formula is C21H29N5O2S. The zero-order valence-electron chi connectivity index (χ0n) is 17.7. The van der Waals surface area contributed by atoms with Crippen molar-refractivity contribution in [1.29, 1.82) is 0 Å². The predicted molar refractivity (Wildman–Crippen MR) is 118 cm³/mol. The number of urea groups is 1. The van der Waals surface area contributed by atoms with Gasteiger partial charge in [-0.1, -0.05) is 17.7 Å². The first kappa shape index (κ1) is 21.3. The second-order valence-corrected chi connectivity index (χ2v) is 9.01. The monoisotopic (exact) mass is 415 g/mol. The van der Waals surface area contributed by atoms with Gasteiger partial charge in [0, 0.05) is 36.1 Å². The van der Waals surface area contributed by atoms with E-state index in [1.807, 2.05) is 27.7 Å². The number of aromatic nitrogens is 1. The topological polar surface area (TPSA) is 86.4 Å². The SMILES string of the molecule is Cc1cc(C)c(NC(=O)CN2CCc3nc(NC(=O)NC(C)C)sc3C2)c(C)c1. The third-order valence-electron chi connectivity index (χ3n) is 4.76. The van der Waals surface area contributed by atoms with Crippen molar-refractivity contribution in [1.82, 2.24) is 15.2 Å². The molecule has 3 N–H and O–H groups in total. The molecule has 2 aromatic rings. The molecule has 3 amide bonds. The van der Waals surface area contributed by atoms with E-state index in [1.165, 1.54) is 16.9 Å². The molecule has 1 aromatic heterocycles. The van der Waals surface area contributed by atoms with Gasteiger partial charge >= 0.3 is 6.03 Å². The molecule has 0 saturated carbocycles. The fourth-order valence-corrected chi connectivity index (χ4v) is 4.64. The molecule has 0 unspecified atom stereocenters. The minimum absolute atomic E-state index is 0.0114. The highest BCUT2D eigenvalue weighted by molar-refractivity contribution is 7.15. The third kappa shape index (κ3) is 5.55. The second-order valence-electron chi connectivity index (χ2n) is 7.92. The van der Waals surface area contributed by atoms with Crippen LogP contribution in [0.1, 0.15) is 41.1 Å². The first-order chi connectivity index (χ1) is 13.7. The van der Waals surface area contributed by atoms with Gasteiger partial charge in [-0.05, 0) is 45.7 Å². The molecule has 1 aromatic carbocycles. The van der Waals surface area contributed by atoms with Crippen LogP contribution in [0.4, 0.5) is 15.6 Å². The molecule has 3 rings (SSSR count). The van der Waals surface area contributed by atoms with Gasteiger partial charge in [-0.3, -0.25) is 15.0 Å². The fraction of sp³-hybridized carbons (Fsp3) is 0.476. The van der Waals surface area contributed by atoms with Crippen LogP contribution in [-0.2, 0) is 17.8 Å². The van der Waals surface area contributed by atoms with E-state index in [0.29, 0.717) is 18.2 Å². The van der Waals surface area contributed by atoms with Crippen molar-refractivity contribution >= 4 is 34.1 Å². The summed E-state index contributed by atoms with van der Waals surface area (Å²) in [5.74, 6) is -0.0114. The van der Waals surface area contributed by atoms with Crippen molar-refractivity contribution in [3.8, 4) is 0 Å². The summed E-state index contributed by atoms with van der Waals surface area (Å²) < 4.78 is 0. The van der Waals surface area contributed by atoms with Crippen LogP contribution >= 0.6 is 11.3 Å². The number of rotatable bonds is 5. The summed E-state index contributed by atoms with van der Waals surface area (Å²) in [6.07, 6.45) is 0.773. The second kappa shape index (κ2) is 8.92. The molecule has 1 aliphatic rings. The Bertz CT molecular complexity index is 899. The molecule has 0 aliphatic carbocycles. The van der Waals surface area contributed by atoms with Gasteiger partial charge in [-0.15, -0.1) is 11.3 Å². The zero-order valence-corrected chi connectivity index (χ0v) is 18.5. The van der Waals surface area contributed by atoms with Crippen LogP contribution in [0, 0.1) is 20.8 Å². The Balaban J connectivity index is 1.58. The maximum Gasteiger partial charge on any atom is 0.321 e. The number of thiazole rings is 1. The van der Waals surface area contributed by atoms with Crippen molar-refractivity contribution in [3.63, 3.8) is 0 Å². The summed E-state index contributed by atoms with van der Waals surface area (Å²) >= 11 is 1.48. The van der Waals surface area contributed by atoms with E-state index in [-0.39, 0.29) is 18.0 Å². The molecule has 0 fully saturated rings. The van der Waals surface area contributed by atoms with Crippen molar-refractivity contribution in [2.75, 3.05) is 23.7 Å². The minimum Gasteiger partial charge on any atom is -0.336 e. The maximum absolute atomic E-state index is 12.6. The number of aryl methyl sites for hydroxylation is 3. The number of hydrogen-bond acceptors (Lipinski definition) is 5. The van der Waals surface area contributed by atoms with Gasteiger partial charge in [-0.25, -0.2) is 9.78 Å². The number of fused-ring (bicyclic) bond motifs is 1. The van der Waals surface area contributed by atoms with Crippen molar-refractivity contribution in [2.24, 2.45) is 0 Å². The van der Waals surface area contributed by atoms with Crippen LogP contribution in [0.2, 0.25) is 0 Å². The van der Waals surface area contributed by atoms with E-state index in [0.717, 1.165) is 40.4 Å².